The summed E-state index contributed by atoms with van der Waals surface area (Å²) in [6.07, 6.45) is 5.10. The lowest BCUT2D eigenvalue weighted by Crippen LogP contribution is -2.43. The zero-order chi connectivity index (χ0) is 20.6. The predicted molar refractivity (Wildman–Crippen MR) is 105 cm³/mol. The number of carbonyl (C=O) groups is 2. The molecule has 1 saturated carbocycles. The van der Waals surface area contributed by atoms with E-state index in [-0.39, 0.29) is 24.4 Å². The SMILES string of the molecule is N#Cc1ccc(C(=O)OCC(=O)N(Cc2ccc(F)cc2)C2CCCCC2)cc1. The van der Waals surface area contributed by atoms with Gasteiger partial charge in [0.25, 0.3) is 5.91 Å². The van der Waals surface area contributed by atoms with Crippen molar-refractivity contribution in [3.8, 4) is 6.07 Å². The number of ether oxygens (including phenoxy) is 1. The van der Waals surface area contributed by atoms with Gasteiger partial charge in [0, 0.05) is 12.6 Å². The van der Waals surface area contributed by atoms with Crippen LogP contribution in [-0.2, 0) is 16.1 Å². The molecule has 3 rings (SSSR count). The van der Waals surface area contributed by atoms with Crippen LogP contribution in [-0.4, -0.2) is 29.4 Å². The molecule has 1 aliphatic carbocycles. The maximum atomic E-state index is 13.2. The Balaban J connectivity index is 1.65. The maximum Gasteiger partial charge on any atom is 0.338 e. The molecule has 0 bridgehead atoms. The van der Waals surface area contributed by atoms with Crippen LogP contribution in [0.2, 0.25) is 0 Å². The summed E-state index contributed by atoms with van der Waals surface area (Å²) < 4.78 is 18.4. The van der Waals surface area contributed by atoms with E-state index >= 15 is 0 Å². The van der Waals surface area contributed by atoms with E-state index in [9.17, 15) is 14.0 Å². The highest BCUT2D eigenvalue weighted by Crippen LogP contribution is 2.24. The maximum absolute atomic E-state index is 13.2. The third-order valence-corrected chi connectivity index (χ3v) is 5.18. The minimum absolute atomic E-state index is 0.0925. The Kier molecular flexibility index (Phi) is 6.96. The molecule has 0 unspecified atom stereocenters. The van der Waals surface area contributed by atoms with Crippen molar-refractivity contribution in [2.24, 2.45) is 0 Å². The Bertz CT molecular complexity index is 882. The lowest BCUT2D eigenvalue weighted by Gasteiger charge is -2.34. The topological polar surface area (TPSA) is 70.4 Å². The van der Waals surface area contributed by atoms with Crippen LogP contribution in [0.1, 0.15) is 53.6 Å². The molecule has 0 saturated heterocycles. The van der Waals surface area contributed by atoms with E-state index in [0.29, 0.717) is 17.7 Å². The number of benzene rings is 2. The molecule has 1 fully saturated rings. The number of esters is 1. The Labute approximate surface area is 169 Å². The standard InChI is InChI=1S/C23H23FN2O3/c24-20-12-8-18(9-13-20)15-26(21-4-2-1-3-5-21)22(27)16-29-23(28)19-10-6-17(14-25)7-11-19/h6-13,21H,1-5,15-16H2. The number of nitrogens with zero attached hydrogens (tertiary/aromatic N) is 2. The van der Waals surface area contributed by atoms with Gasteiger partial charge in [0.1, 0.15) is 5.82 Å². The first-order valence-electron chi connectivity index (χ1n) is 9.78. The van der Waals surface area contributed by atoms with E-state index in [4.69, 9.17) is 10.00 Å². The number of carbonyl (C=O) groups excluding carboxylic acids is 2. The van der Waals surface area contributed by atoms with E-state index in [1.54, 1.807) is 17.0 Å². The fourth-order valence-corrected chi connectivity index (χ4v) is 3.57. The van der Waals surface area contributed by atoms with Gasteiger partial charge in [-0.3, -0.25) is 4.79 Å². The van der Waals surface area contributed by atoms with E-state index < -0.39 is 5.97 Å². The van der Waals surface area contributed by atoms with E-state index in [1.807, 2.05) is 6.07 Å². The zero-order valence-corrected chi connectivity index (χ0v) is 16.1. The number of nitriles is 1. The molecule has 1 aliphatic rings. The van der Waals surface area contributed by atoms with Crippen LogP contribution in [0.4, 0.5) is 4.39 Å². The monoisotopic (exact) mass is 394 g/mol. The van der Waals surface area contributed by atoms with Crippen molar-refractivity contribution in [3.63, 3.8) is 0 Å². The van der Waals surface area contributed by atoms with E-state index in [0.717, 1.165) is 37.7 Å². The second-order valence-electron chi connectivity index (χ2n) is 7.21. The number of halogens is 1. The Morgan fingerprint density at radius 1 is 1.03 bits per heavy atom. The molecule has 0 aliphatic heterocycles. The molecule has 2 aromatic rings. The molecule has 0 atom stereocenters. The highest BCUT2D eigenvalue weighted by molar-refractivity contribution is 5.91. The van der Waals surface area contributed by atoms with Crippen LogP contribution in [0.15, 0.2) is 48.5 Å². The molecule has 0 radical (unpaired) electrons. The molecule has 0 spiro atoms. The molecule has 29 heavy (non-hydrogen) atoms. The summed E-state index contributed by atoms with van der Waals surface area (Å²) in [5, 5.41) is 8.83. The number of amides is 1. The third-order valence-electron chi connectivity index (χ3n) is 5.18. The molecule has 6 heteroatoms. The average molecular weight is 394 g/mol. The van der Waals surface area contributed by atoms with Gasteiger partial charge in [0.05, 0.1) is 17.2 Å². The van der Waals surface area contributed by atoms with Gasteiger partial charge in [0.15, 0.2) is 6.61 Å². The van der Waals surface area contributed by atoms with Crippen LogP contribution in [0.3, 0.4) is 0 Å². The summed E-state index contributed by atoms with van der Waals surface area (Å²) in [5.41, 5.74) is 1.57. The summed E-state index contributed by atoms with van der Waals surface area (Å²) in [7, 11) is 0. The normalized spacial score (nSPS) is 14.1. The highest BCUT2D eigenvalue weighted by atomic mass is 19.1. The van der Waals surface area contributed by atoms with Crippen molar-refractivity contribution in [3.05, 3.63) is 71.0 Å². The van der Waals surface area contributed by atoms with Gasteiger partial charge in [0.2, 0.25) is 0 Å². The summed E-state index contributed by atoms with van der Waals surface area (Å²) in [6.45, 7) is 0.00866. The van der Waals surface area contributed by atoms with Crippen molar-refractivity contribution in [2.45, 2.75) is 44.7 Å². The van der Waals surface area contributed by atoms with E-state index in [2.05, 4.69) is 0 Å². The minimum atomic E-state index is -0.604. The van der Waals surface area contributed by atoms with Gasteiger partial charge in [-0.1, -0.05) is 31.4 Å². The van der Waals surface area contributed by atoms with Gasteiger partial charge in [-0.15, -0.1) is 0 Å². The summed E-state index contributed by atoms with van der Waals surface area (Å²) in [5.74, 6) is -1.18. The fourth-order valence-electron chi connectivity index (χ4n) is 3.57. The van der Waals surface area contributed by atoms with E-state index in [1.165, 1.54) is 36.4 Å². The van der Waals surface area contributed by atoms with Crippen LogP contribution < -0.4 is 0 Å². The number of hydrogen-bond acceptors (Lipinski definition) is 4. The van der Waals surface area contributed by atoms with Crippen LogP contribution >= 0.6 is 0 Å². The molecule has 0 heterocycles. The van der Waals surface area contributed by atoms with Crippen molar-refractivity contribution < 1.29 is 18.7 Å². The average Bonchev–Trinajstić information content (AvgIpc) is 2.77. The molecule has 0 aromatic heterocycles. The Hall–Kier alpha value is -3.20. The fraction of sp³-hybridized carbons (Fsp3) is 0.348. The van der Waals surface area contributed by atoms with Gasteiger partial charge in [-0.25, -0.2) is 9.18 Å². The minimum Gasteiger partial charge on any atom is -0.452 e. The van der Waals surface area contributed by atoms with Gasteiger partial charge < -0.3 is 9.64 Å². The van der Waals surface area contributed by atoms with Crippen molar-refractivity contribution in [1.29, 1.82) is 5.26 Å². The van der Waals surface area contributed by atoms with Gasteiger partial charge in [-0.2, -0.15) is 5.26 Å². The molecule has 0 N–H and O–H groups in total. The molecular weight excluding hydrogens is 371 g/mol. The Morgan fingerprint density at radius 2 is 1.69 bits per heavy atom. The van der Waals surface area contributed by atoms with Crippen LogP contribution in [0.5, 0.6) is 0 Å². The Morgan fingerprint density at radius 3 is 2.31 bits per heavy atom. The van der Waals surface area contributed by atoms with Crippen molar-refractivity contribution >= 4 is 11.9 Å². The number of rotatable bonds is 6. The summed E-state index contributed by atoms with van der Waals surface area (Å²) in [4.78, 5) is 26.9. The predicted octanol–water partition coefficient (Wildman–Crippen LogP) is 4.22. The number of hydrogen-bond donors (Lipinski definition) is 0. The molecule has 2 aromatic carbocycles. The van der Waals surface area contributed by atoms with Gasteiger partial charge >= 0.3 is 5.97 Å². The van der Waals surface area contributed by atoms with Crippen LogP contribution in [0.25, 0.3) is 0 Å². The molecule has 150 valence electrons. The third kappa shape index (κ3) is 5.64. The van der Waals surface area contributed by atoms with Gasteiger partial charge in [-0.05, 0) is 54.8 Å². The lowest BCUT2D eigenvalue weighted by atomic mass is 9.93. The van der Waals surface area contributed by atoms with Crippen molar-refractivity contribution in [2.75, 3.05) is 6.61 Å². The second-order valence-corrected chi connectivity index (χ2v) is 7.21. The summed E-state index contributed by atoms with van der Waals surface area (Å²) >= 11 is 0. The second kappa shape index (κ2) is 9.83. The first-order valence-corrected chi connectivity index (χ1v) is 9.78. The highest BCUT2D eigenvalue weighted by Gasteiger charge is 2.26. The first-order chi connectivity index (χ1) is 14.1. The molecular formula is C23H23FN2O3. The molecule has 5 nitrogen and oxygen atoms in total. The first kappa shape index (κ1) is 20.5. The smallest absolute Gasteiger partial charge is 0.338 e. The summed E-state index contributed by atoms with van der Waals surface area (Å²) in [6, 6.07) is 14.2. The van der Waals surface area contributed by atoms with Crippen LogP contribution in [0, 0.1) is 17.1 Å². The zero-order valence-electron chi connectivity index (χ0n) is 16.1. The lowest BCUT2D eigenvalue weighted by molar-refractivity contribution is -0.138. The molecule has 1 amide bonds. The largest absolute Gasteiger partial charge is 0.452 e. The quantitative estimate of drug-likeness (QED) is 0.688. The van der Waals surface area contributed by atoms with Crippen molar-refractivity contribution in [1.82, 2.24) is 4.90 Å².